The van der Waals surface area contributed by atoms with E-state index in [1.54, 1.807) is 0 Å². The minimum absolute atomic E-state index is 0.696. The number of para-hydroxylation sites is 3. The number of hydrogen-bond acceptors (Lipinski definition) is 3. The van der Waals surface area contributed by atoms with Crippen LogP contribution in [0.5, 0.6) is 34.5 Å². The van der Waals surface area contributed by atoms with Gasteiger partial charge in [0.15, 0.2) is 5.75 Å². The van der Waals surface area contributed by atoms with Crippen LogP contribution in [-0.4, -0.2) is 0 Å². The molecule has 0 aromatic heterocycles. The maximum absolute atomic E-state index is 6.60. The van der Waals surface area contributed by atoms with Crippen molar-refractivity contribution in [2.45, 2.75) is 0 Å². The Balaban J connectivity index is 1.62. The first-order valence-corrected chi connectivity index (χ1v) is 11.5. The van der Waals surface area contributed by atoms with E-state index < -0.39 is 0 Å². The van der Waals surface area contributed by atoms with Crippen LogP contribution in [0.4, 0.5) is 0 Å². The highest BCUT2D eigenvalue weighted by Crippen LogP contribution is 2.47. The Morgan fingerprint density at radius 3 is 1.17 bits per heavy atom. The van der Waals surface area contributed by atoms with Gasteiger partial charge >= 0.3 is 0 Å². The van der Waals surface area contributed by atoms with Crippen LogP contribution < -0.4 is 14.2 Å². The molecule has 168 valence electrons. The molecule has 0 aliphatic carbocycles. The molecule has 0 fully saturated rings. The maximum Gasteiger partial charge on any atom is 0.150 e. The van der Waals surface area contributed by atoms with E-state index in [-0.39, 0.29) is 0 Å². The molecule has 0 unspecified atom stereocenters. The molecular formula is C32H22O3. The lowest BCUT2D eigenvalue weighted by Gasteiger charge is -2.18. The van der Waals surface area contributed by atoms with Gasteiger partial charge in [0.1, 0.15) is 28.7 Å². The molecule has 0 amide bonds. The predicted molar refractivity (Wildman–Crippen MR) is 141 cm³/mol. The molecule has 0 radical (unpaired) electrons. The van der Waals surface area contributed by atoms with Crippen molar-refractivity contribution in [2.24, 2.45) is 0 Å². The van der Waals surface area contributed by atoms with E-state index in [4.69, 9.17) is 14.2 Å². The highest BCUT2D eigenvalue weighted by atomic mass is 16.5. The van der Waals surface area contributed by atoms with Gasteiger partial charge in [0, 0.05) is 0 Å². The monoisotopic (exact) mass is 454 g/mol. The first kappa shape index (κ1) is 20.8. The molecule has 0 spiro atoms. The summed E-state index contributed by atoms with van der Waals surface area (Å²) in [5, 5.41) is 3.82. The van der Waals surface area contributed by atoms with Crippen LogP contribution in [0.3, 0.4) is 0 Å². The van der Waals surface area contributed by atoms with Crippen molar-refractivity contribution < 1.29 is 14.2 Å². The zero-order valence-electron chi connectivity index (χ0n) is 18.9. The second-order valence-corrected chi connectivity index (χ2v) is 8.16. The molecular weight excluding hydrogens is 432 g/mol. The summed E-state index contributed by atoms with van der Waals surface area (Å²) in [4.78, 5) is 0. The lowest BCUT2D eigenvalue weighted by molar-refractivity contribution is 0.468. The minimum atomic E-state index is 0.696. The topological polar surface area (TPSA) is 27.7 Å². The van der Waals surface area contributed by atoms with Gasteiger partial charge in [0.2, 0.25) is 0 Å². The van der Waals surface area contributed by atoms with Gasteiger partial charge in [-0.05, 0) is 65.4 Å². The van der Waals surface area contributed by atoms with Crippen LogP contribution in [0.25, 0.3) is 21.5 Å². The van der Waals surface area contributed by atoms with Crippen molar-refractivity contribution in [1.29, 1.82) is 0 Å². The smallest absolute Gasteiger partial charge is 0.150 e. The van der Waals surface area contributed by atoms with E-state index in [2.05, 4.69) is 18.2 Å². The van der Waals surface area contributed by atoms with E-state index in [0.29, 0.717) is 5.75 Å². The molecule has 0 aliphatic rings. The van der Waals surface area contributed by atoms with E-state index in [9.17, 15) is 0 Å². The zero-order chi connectivity index (χ0) is 23.5. The van der Waals surface area contributed by atoms with Crippen LogP contribution in [0.15, 0.2) is 133 Å². The Bertz CT molecular complexity index is 1500. The van der Waals surface area contributed by atoms with Crippen molar-refractivity contribution >= 4 is 21.5 Å². The molecule has 0 atom stereocenters. The molecule has 3 heteroatoms. The van der Waals surface area contributed by atoms with Crippen molar-refractivity contribution in [3.05, 3.63) is 133 Å². The summed E-state index contributed by atoms with van der Waals surface area (Å²) in [5.74, 6) is 4.40. The van der Waals surface area contributed by atoms with E-state index >= 15 is 0 Å². The van der Waals surface area contributed by atoms with Gasteiger partial charge in [-0.15, -0.1) is 0 Å². The van der Waals surface area contributed by atoms with Gasteiger partial charge in [-0.3, -0.25) is 0 Å². The van der Waals surface area contributed by atoms with Crippen molar-refractivity contribution in [3.63, 3.8) is 0 Å². The van der Waals surface area contributed by atoms with E-state index in [0.717, 1.165) is 50.3 Å². The molecule has 6 rings (SSSR count). The lowest BCUT2D eigenvalue weighted by atomic mass is 10.0. The molecule has 0 N–H and O–H groups in total. The molecule has 0 aliphatic heterocycles. The summed E-state index contributed by atoms with van der Waals surface area (Å²) in [6.45, 7) is 0. The number of ether oxygens (including phenoxy) is 3. The Kier molecular flexibility index (Phi) is 5.50. The van der Waals surface area contributed by atoms with E-state index in [1.165, 1.54) is 0 Å². The standard InChI is InChI=1S/C32H22O3/c1-4-14-25(15-5-1)33-28-20-10-12-23-22-24-13-11-21-29(34-26-16-6-2-7-17-26)31(24)32(30(23)28)35-27-18-8-3-9-19-27/h1-22H. The largest absolute Gasteiger partial charge is 0.457 e. The molecule has 0 heterocycles. The molecule has 0 bridgehead atoms. The highest BCUT2D eigenvalue weighted by Gasteiger charge is 2.19. The number of rotatable bonds is 6. The molecule has 0 saturated heterocycles. The van der Waals surface area contributed by atoms with Gasteiger partial charge in [-0.2, -0.15) is 0 Å². The van der Waals surface area contributed by atoms with Gasteiger partial charge in [0.25, 0.3) is 0 Å². The normalized spacial score (nSPS) is 10.9. The van der Waals surface area contributed by atoms with Crippen LogP contribution >= 0.6 is 0 Å². The maximum atomic E-state index is 6.60. The fraction of sp³-hybridized carbons (Fsp3) is 0. The summed E-state index contributed by atoms with van der Waals surface area (Å²) in [6.07, 6.45) is 0. The fourth-order valence-electron chi connectivity index (χ4n) is 4.22. The van der Waals surface area contributed by atoms with Gasteiger partial charge < -0.3 is 14.2 Å². The van der Waals surface area contributed by atoms with Gasteiger partial charge in [-0.25, -0.2) is 0 Å². The Morgan fingerprint density at radius 1 is 0.343 bits per heavy atom. The zero-order valence-corrected chi connectivity index (χ0v) is 18.9. The minimum Gasteiger partial charge on any atom is -0.457 e. The summed E-state index contributed by atoms with van der Waals surface area (Å²) in [6, 6.07) is 43.6. The average molecular weight is 455 g/mol. The van der Waals surface area contributed by atoms with Gasteiger partial charge in [-0.1, -0.05) is 78.9 Å². The third-order valence-electron chi connectivity index (χ3n) is 5.79. The first-order valence-electron chi connectivity index (χ1n) is 11.5. The first-order chi connectivity index (χ1) is 17.3. The lowest BCUT2D eigenvalue weighted by Crippen LogP contribution is -1.94. The van der Waals surface area contributed by atoms with Gasteiger partial charge in [0.05, 0.1) is 10.8 Å². The molecule has 6 aromatic rings. The van der Waals surface area contributed by atoms with Crippen LogP contribution in [0.1, 0.15) is 0 Å². The third-order valence-corrected chi connectivity index (χ3v) is 5.79. The second kappa shape index (κ2) is 9.24. The number of fused-ring (bicyclic) bond motifs is 2. The fourth-order valence-corrected chi connectivity index (χ4v) is 4.22. The summed E-state index contributed by atoms with van der Waals surface area (Å²) < 4.78 is 19.3. The number of benzene rings is 6. The van der Waals surface area contributed by atoms with E-state index in [1.807, 2.05) is 115 Å². The SMILES string of the molecule is c1ccc(Oc2cccc3cc4cccc(Oc5ccccc5)c4c(Oc4ccccc4)c23)cc1. The van der Waals surface area contributed by atoms with Crippen molar-refractivity contribution in [2.75, 3.05) is 0 Å². The molecule has 0 saturated carbocycles. The average Bonchev–Trinajstić information content (AvgIpc) is 2.90. The number of hydrogen-bond donors (Lipinski definition) is 0. The predicted octanol–water partition coefficient (Wildman–Crippen LogP) is 9.37. The Morgan fingerprint density at radius 2 is 0.743 bits per heavy atom. The van der Waals surface area contributed by atoms with Crippen LogP contribution in [0.2, 0.25) is 0 Å². The molecule has 3 nitrogen and oxygen atoms in total. The van der Waals surface area contributed by atoms with Crippen LogP contribution in [0, 0.1) is 0 Å². The summed E-state index contributed by atoms with van der Waals surface area (Å²) in [7, 11) is 0. The third kappa shape index (κ3) is 4.28. The molecule has 6 aromatic carbocycles. The quantitative estimate of drug-likeness (QED) is 0.235. The van der Waals surface area contributed by atoms with Crippen molar-refractivity contribution in [3.8, 4) is 34.5 Å². The highest BCUT2D eigenvalue weighted by molar-refractivity contribution is 6.10. The second-order valence-electron chi connectivity index (χ2n) is 8.16. The summed E-state index contributed by atoms with van der Waals surface area (Å²) >= 11 is 0. The molecule has 35 heavy (non-hydrogen) atoms. The summed E-state index contributed by atoms with van der Waals surface area (Å²) in [5.41, 5.74) is 0. The Labute approximate surface area is 203 Å². The van der Waals surface area contributed by atoms with Crippen molar-refractivity contribution in [1.82, 2.24) is 0 Å². The van der Waals surface area contributed by atoms with Crippen LogP contribution in [-0.2, 0) is 0 Å². The Hall–Kier alpha value is -4.76.